The van der Waals surface area contributed by atoms with Crippen molar-refractivity contribution >= 4 is 15.9 Å². The van der Waals surface area contributed by atoms with Crippen molar-refractivity contribution in [3.8, 4) is 5.75 Å². The molecule has 0 spiro atoms. The van der Waals surface area contributed by atoms with Crippen LogP contribution in [0.3, 0.4) is 0 Å². The minimum atomic E-state index is 0.587. The average Bonchev–Trinajstić information content (AvgIpc) is 2.55. The summed E-state index contributed by atoms with van der Waals surface area (Å²) in [6, 6.07) is 2.15. The molecule has 2 nitrogen and oxygen atoms in total. The van der Waals surface area contributed by atoms with Crippen molar-refractivity contribution in [3.05, 3.63) is 24.0 Å². The SMILES string of the molecule is CCOc1cncc(C2CCCCCC2Br)c1. The minimum absolute atomic E-state index is 0.587. The zero-order valence-electron chi connectivity index (χ0n) is 10.4. The number of alkyl halides is 1. The Kier molecular flexibility index (Phi) is 4.84. The zero-order valence-corrected chi connectivity index (χ0v) is 11.9. The number of halogens is 1. The van der Waals surface area contributed by atoms with E-state index < -0.39 is 0 Å². The second-order valence-electron chi connectivity index (χ2n) is 4.65. The first-order valence-electron chi connectivity index (χ1n) is 6.53. The highest BCUT2D eigenvalue weighted by molar-refractivity contribution is 9.09. The Morgan fingerprint density at radius 1 is 1.29 bits per heavy atom. The van der Waals surface area contributed by atoms with Gasteiger partial charge in [-0.15, -0.1) is 0 Å². The molecule has 0 bridgehead atoms. The lowest BCUT2D eigenvalue weighted by atomic mass is 9.93. The summed E-state index contributed by atoms with van der Waals surface area (Å²) in [7, 11) is 0. The Morgan fingerprint density at radius 3 is 2.94 bits per heavy atom. The molecule has 1 fully saturated rings. The van der Waals surface area contributed by atoms with Crippen LogP contribution < -0.4 is 4.74 Å². The summed E-state index contributed by atoms with van der Waals surface area (Å²) >= 11 is 3.84. The third kappa shape index (κ3) is 3.44. The fourth-order valence-corrected chi connectivity index (χ4v) is 3.42. The zero-order chi connectivity index (χ0) is 12.1. The molecule has 0 aliphatic heterocycles. The van der Waals surface area contributed by atoms with Crippen molar-refractivity contribution < 1.29 is 4.74 Å². The molecule has 0 amide bonds. The number of aromatic nitrogens is 1. The summed E-state index contributed by atoms with van der Waals surface area (Å²) < 4.78 is 5.53. The summed E-state index contributed by atoms with van der Waals surface area (Å²) in [5.74, 6) is 1.49. The predicted octanol–water partition coefficient (Wildman–Crippen LogP) is 4.29. The highest BCUT2D eigenvalue weighted by Crippen LogP contribution is 2.36. The molecule has 1 aromatic rings. The van der Waals surface area contributed by atoms with E-state index in [1.54, 1.807) is 6.20 Å². The molecule has 94 valence electrons. The average molecular weight is 298 g/mol. The summed E-state index contributed by atoms with van der Waals surface area (Å²) in [5, 5.41) is 0. The van der Waals surface area contributed by atoms with Gasteiger partial charge in [-0.1, -0.05) is 35.2 Å². The van der Waals surface area contributed by atoms with Crippen LogP contribution in [0, 0.1) is 0 Å². The Hall–Kier alpha value is -0.570. The maximum absolute atomic E-state index is 5.53. The third-order valence-corrected chi connectivity index (χ3v) is 4.50. The molecule has 2 rings (SSSR count). The number of rotatable bonds is 3. The molecule has 1 saturated carbocycles. The number of nitrogens with zero attached hydrogens (tertiary/aromatic N) is 1. The smallest absolute Gasteiger partial charge is 0.137 e. The van der Waals surface area contributed by atoms with E-state index in [0.717, 1.165) is 5.75 Å². The minimum Gasteiger partial charge on any atom is -0.492 e. The highest BCUT2D eigenvalue weighted by atomic mass is 79.9. The molecule has 0 saturated heterocycles. The monoisotopic (exact) mass is 297 g/mol. The van der Waals surface area contributed by atoms with E-state index in [0.29, 0.717) is 17.4 Å². The van der Waals surface area contributed by atoms with Crippen molar-refractivity contribution in [2.24, 2.45) is 0 Å². The van der Waals surface area contributed by atoms with Gasteiger partial charge in [0.1, 0.15) is 5.75 Å². The molecule has 1 aromatic heterocycles. The first-order valence-corrected chi connectivity index (χ1v) is 7.44. The van der Waals surface area contributed by atoms with Crippen LogP contribution in [0.2, 0.25) is 0 Å². The topological polar surface area (TPSA) is 22.1 Å². The van der Waals surface area contributed by atoms with E-state index in [1.807, 2.05) is 13.1 Å². The van der Waals surface area contributed by atoms with Crippen molar-refractivity contribution in [3.63, 3.8) is 0 Å². The van der Waals surface area contributed by atoms with E-state index in [9.17, 15) is 0 Å². The van der Waals surface area contributed by atoms with Crippen LogP contribution in [0.1, 0.15) is 50.5 Å². The van der Waals surface area contributed by atoms with E-state index in [2.05, 4.69) is 27.0 Å². The quantitative estimate of drug-likeness (QED) is 0.613. The van der Waals surface area contributed by atoms with Gasteiger partial charge in [0.2, 0.25) is 0 Å². The maximum Gasteiger partial charge on any atom is 0.137 e. The van der Waals surface area contributed by atoms with Crippen molar-refractivity contribution in [1.29, 1.82) is 0 Å². The van der Waals surface area contributed by atoms with Crippen LogP contribution in [0.25, 0.3) is 0 Å². The molecule has 2 atom stereocenters. The van der Waals surface area contributed by atoms with Gasteiger partial charge >= 0.3 is 0 Å². The normalized spacial score (nSPS) is 25.3. The molecule has 2 unspecified atom stereocenters. The maximum atomic E-state index is 5.53. The molecule has 0 N–H and O–H groups in total. The molecule has 1 aliphatic carbocycles. The molecular weight excluding hydrogens is 278 g/mol. The summed E-state index contributed by atoms with van der Waals surface area (Å²) in [5.41, 5.74) is 1.32. The van der Waals surface area contributed by atoms with Gasteiger partial charge < -0.3 is 4.74 Å². The number of hydrogen-bond acceptors (Lipinski definition) is 2. The van der Waals surface area contributed by atoms with Crippen molar-refractivity contribution in [2.75, 3.05) is 6.61 Å². The Morgan fingerprint density at radius 2 is 2.12 bits per heavy atom. The van der Waals surface area contributed by atoms with E-state index in [4.69, 9.17) is 4.74 Å². The van der Waals surface area contributed by atoms with Gasteiger partial charge in [0, 0.05) is 11.0 Å². The fraction of sp³-hybridized carbons (Fsp3) is 0.643. The second kappa shape index (κ2) is 6.39. The molecule has 0 radical (unpaired) electrons. The van der Waals surface area contributed by atoms with Gasteiger partial charge in [-0.2, -0.15) is 0 Å². The summed E-state index contributed by atoms with van der Waals surface area (Å²) in [4.78, 5) is 4.88. The highest BCUT2D eigenvalue weighted by Gasteiger charge is 2.23. The largest absolute Gasteiger partial charge is 0.492 e. The molecule has 3 heteroatoms. The Bertz CT molecular complexity index is 356. The standard InChI is InChI=1S/C14H20BrNO/c1-2-17-12-8-11(9-16-10-12)13-6-4-3-5-7-14(13)15/h8-10,13-14H,2-7H2,1H3. The van der Waals surface area contributed by atoms with Crippen LogP contribution in [-0.2, 0) is 0 Å². The molecule has 1 aliphatic rings. The van der Waals surface area contributed by atoms with E-state index in [1.165, 1.54) is 37.7 Å². The van der Waals surface area contributed by atoms with Gasteiger partial charge in [0.25, 0.3) is 0 Å². The van der Waals surface area contributed by atoms with Gasteiger partial charge in [-0.25, -0.2) is 0 Å². The predicted molar refractivity (Wildman–Crippen MR) is 73.9 cm³/mol. The van der Waals surface area contributed by atoms with Gasteiger partial charge in [0.15, 0.2) is 0 Å². The Labute approximate surface area is 112 Å². The number of pyridine rings is 1. The fourth-order valence-electron chi connectivity index (χ4n) is 2.52. The lowest BCUT2D eigenvalue weighted by Gasteiger charge is -2.20. The molecule has 0 aromatic carbocycles. The van der Waals surface area contributed by atoms with E-state index in [-0.39, 0.29) is 0 Å². The summed E-state index contributed by atoms with van der Waals surface area (Å²) in [6.07, 6.45) is 10.3. The van der Waals surface area contributed by atoms with Crippen LogP contribution in [-0.4, -0.2) is 16.4 Å². The van der Waals surface area contributed by atoms with Gasteiger partial charge in [-0.3, -0.25) is 4.98 Å². The van der Waals surface area contributed by atoms with Gasteiger partial charge in [0.05, 0.1) is 12.8 Å². The number of hydrogen-bond donors (Lipinski definition) is 0. The lowest BCUT2D eigenvalue weighted by Crippen LogP contribution is -2.11. The lowest BCUT2D eigenvalue weighted by molar-refractivity contribution is 0.338. The van der Waals surface area contributed by atoms with Crippen molar-refractivity contribution in [2.45, 2.75) is 49.8 Å². The first kappa shape index (κ1) is 12.9. The van der Waals surface area contributed by atoms with Crippen molar-refractivity contribution in [1.82, 2.24) is 4.98 Å². The third-order valence-electron chi connectivity index (χ3n) is 3.41. The first-order chi connectivity index (χ1) is 8.31. The Balaban J connectivity index is 2.16. The summed E-state index contributed by atoms with van der Waals surface area (Å²) in [6.45, 7) is 2.71. The molecule has 17 heavy (non-hydrogen) atoms. The van der Waals surface area contributed by atoms with Crippen LogP contribution in [0.5, 0.6) is 5.75 Å². The van der Waals surface area contributed by atoms with Crippen LogP contribution >= 0.6 is 15.9 Å². The second-order valence-corrected chi connectivity index (χ2v) is 5.82. The van der Waals surface area contributed by atoms with E-state index >= 15 is 0 Å². The van der Waals surface area contributed by atoms with Crippen LogP contribution in [0.4, 0.5) is 0 Å². The van der Waals surface area contributed by atoms with Crippen LogP contribution in [0.15, 0.2) is 18.5 Å². The number of ether oxygens (including phenoxy) is 1. The molecular formula is C14H20BrNO. The molecule has 1 heterocycles. The van der Waals surface area contributed by atoms with Gasteiger partial charge in [-0.05, 0) is 37.3 Å².